The lowest BCUT2D eigenvalue weighted by molar-refractivity contribution is 0.0937. The van der Waals surface area contributed by atoms with Gasteiger partial charge < -0.3 is 10.3 Å². The minimum absolute atomic E-state index is 0.181. The Balaban J connectivity index is 1.93. The summed E-state index contributed by atoms with van der Waals surface area (Å²) in [4.78, 5) is 23.7. The van der Waals surface area contributed by atoms with E-state index in [1.54, 1.807) is 36.5 Å². The highest BCUT2D eigenvalue weighted by Crippen LogP contribution is 2.20. The second-order valence-electron chi connectivity index (χ2n) is 5.53. The van der Waals surface area contributed by atoms with E-state index in [0.717, 1.165) is 4.47 Å². The van der Waals surface area contributed by atoms with Crippen molar-refractivity contribution in [2.75, 3.05) is 12.8 Å². The molecule has 3 N–H and O–H groups in total. The summed E-state index contributed by atoms with van der Waals surface area (Å²) in [5.74, 6) is -0.769. The fourth-order valence-electron chi connectivity index (χ4n) is 2.50. The highest BCUT2D eigenvalue weighted by Gasteiger charge is 2.23. The van der Waals surface area contributed by atoms with Crippen LogP contribution in [0.3, 0.4) is 0 Å². The van der Waals surface area contributed by atoms with Crippen LogP contribution in [0, 0.1) is 0 Å². The maximum Gasteiger partial charge on any atom is 0.271 e. The Hall–Kier alpha value is -2.30. The molecule has 0 saturated carbocycles. The van der Waals surface area contributed by atoms with Crippen molar-refractivity contribution in [3.05, 3.63) is 58.6 Å². The predicted molar refractivity (Wildman–Crippen MR) is 101 cm³/mol. The molecule has 3 rings (SSSR count). The van der Waals surface area contributed by atoms with Crippen LogP contribution in [0.4, 0.5) is 0 Å². The van der Waals surface area contributed by atoms with Crippen LogP contribution in [0.5, 0.6) is 0 Å². The van der Waals surface area contributed by atoms with Crippen molar-refractivity contribution >= 4 is 42.9 Å². The molecule has 0 radical (unpaired) electrons. The molecule has 0 aliphatic rings. The Kier molecular flexibility index (Phi) is 5.35. The van der Waals surface area contributed by atoms with E-state index in [0.29, 0.717) is 16.6 Å². The molecule has 0 unspecified atom stereocenters. The average molecular weight is 438 g/mol. The lowest BCUT2D eigenvalue weighted by Gasteiger charge is -2.19. The number of fused-ring (bicyclic) bond motifs is 1. The molecule has 1 aromatic carbocycles. The van der Waals surface area contributed by atoms with Gasteiger partial charge in [-0.15, -0.1) is 0 Å². The van der Waals surface area contributed by atoms with Gasteiger partial charge in [-0.1, -0.05) is 28.1 Å². The third-order valence-electron chi connectivity index (χ3n) is 3.84. The number of carbonyl (C=O) groups is 1. The number of aromatic nitrogens is 3. The molecule has 0 saturated heterocycles. The number of nitrogens with one attached hydrogen (secondary N) is 3. The summed E-state index contributed by atoms with van der Waals surface area (Å²) in [6, 6.07) is 8.05. The maximum atomic E-state index is 12.7. The molecular weight excluding hydrogens is 422 g/mol. The monoisotopic (exact) mass is 437 g/mol. The van der Waals surface area contributed by atoms with Crippen LogP contribution in [0.2, 0.25) is 0 Å². The second kappa shape index (κ2) is 7.52. The zero-order valence-electron chi connectivity index (χ0n) is 13.7. The molecule has 26 heavy (non-hydrogen) atoms. The van der Waals surface area contributed by atoms with E-state index in [1.165, 1.54) is 13.4 Å². The van der Waals surface area contributed by atoms with Crippen molar-refractivity contribution in [1.82, 2.24) is 25.0 Å². The van der Waals surface area contributed by atoms with E-state index in [2.05, 4.69) is 40.9 Å². The van der Waals surface area contributed by atoms with Gasteiger partial charge in [0.15, 0.2) is 0 Å². The number of benzene rings is 1. The molecule has 0 fully saturated rings. The van der Waals surface area contributed by atoms with Gasteiger partial charge in [-0.25, -0.2) is 23.1 Å². The van der Waals surface area contributed by atoms with Gasteiger partial charge in [0.25, 0.3) is 5.91 Å². The van der Waals surface area contributed by atoms with E-state index in [1.807, 2.05) is 0 Å². The Morgan fingerprint density at radius 2 is 1.96 bits per heavy atom. The quantitative estimate of drug-likeness (QED) is 0.542. The molecule has 0 aliphatic heterocycles. The van der Waals surface area contributed by atoms with Gasteiger partial charge >= 0.3 is 0 Å². The number of amides is 1. The van der Waals surface area contributed by atoms with Crippen LogP contribution >= 0.6 is 15.9 Å². The van der Waals surface area contributed by atoms with Gasteiger partial charge in [0.05, 0.1) is 17.2 Å². The molecule has 3 aromatic rings. The molecule has 2 heterocycles. The number of sulfonamides is 1. The van der Waals surface area contributed by atoms with Crippen molar-refractivity contribution in [3.8, 4) is 0 Å². The third kappa shape index (κ3) is 4.09. The Bertz CT molecular complexity index is 1030. The summed E-state index contributed by atoms with van der Waals surface area (Å²) >= 11 is 3.34. The Morgan fingerprint density at radius 3 is 2.65 bits per heavy atom. The van der Waals surface area contributed by atoms with Crippen molar-refractivity contribution in [2.45, 2.75) is 6.04 Å². The second-order valence-corrected chi connectivity index (χ2v) is 8.41. The lowest BCUT2D eigenvalue weighted by Crippen LogP contribution is -2.36. The Labute approximate surface area is 158 Å². The lowest BCUT2D eigenvalue weighted by atomic mass is 10.1. The number of hydrogen-bond donors (Lipinski definition) is 3. The molecule has 10 heteroatoms. The highest BCUT2D eigenvalue weighted by molar-refractivity contribution is 9.10. The van der Waals surface area contributed by atoms with E-state index in [-0.39, 0.29) is 11.4 Å². The van der Waals surface area contributed by atoms with Crippen molar-refractivity contribution in [3.63, 3.8) is 0 Å². The average Bonchev–Trinajstić information content (AvgIpc) is 3.10. The summed E-state index contributed by atoms with van der Waals surface area (Å²) in [6.07, 6.45) is 2.94. The van der Waals surface area contributed by atoms with Gasteiger partial charge in [0.2, 0.25) is 10.0 Å². The molecule has 1 atom stereocenters. The fraction of sp³-hybridized carbons (Fsp3) is 0.188. The topological polar surface area (TPSA) is 117 Å². The largest absolute Gasteiger partial charge is 0.346 e. The first-order valence-electron chi connectivity index (χ1n) is 7.65. The van der Waals surface area contributed by atoms with Gasteiger partial charge in [-0.2, -0.15) is 0 Å². The number of aromatic amines is 1. The van der Waals surface area contributed by atoms with E-state index in [9.17, 15) is 13.2 Å². The number of halogens is 1. The first kappa shape index (κ1) is 18.5. The predicted octanol–water partition coefficient (Wildman–Crippen LogP) is 1.74. The SMILES string of the molecule is CNS(=O)(=O)C[C@@H](NC(=O)c1ncnc2[nH]ccc12)c1ccc(Br)cc1. The van der Waals surface area contributed by atoms with E-state index >= 15 is 0 Å². The minimum atomic E-state index is -3.55. The van der Waals surface area contributed by atoms with E-state index in [4.69, 9.17) is 0 Å². The van der Waals surface area contributed by atoms with Crippen molar-refractivity contribution in [2.24, 2.45) is 0 Å². The molecule has 8 nitrogen and oxygen atoms in total. The molecule has 0 bridgehead atoms. The normalized spacial score (nSPS) is 12.8. The zero-order chi connectivity index (χ0) is 18.7. The van der Waals surface area contributed by atoms with Crippen LogP contribution in [0.15, 0.2) is 47.3 Å². The van der Waals surface area contributed by atoms with Gasteiger partial charge in [-0.3, -0.25) is 4.79 Å². The number of H-pyrrole nitrogens is 1. The first-order valence-corrected chi connectivity index (χ1v) is 10.1. The smallest absolute Gasteiger partial charge is 0.271 e. The number of rotatable bonds is 6. The first-order chi connectivity index (χ1) is 12.4. The third-order valence-corrected chi connectivity index (χ3v) is 5.77. The Morgan fingerprint density at radius 1 is 1.23 bits per heavy atom. The van der Waals surface area contributed by atoms with Crippen LogP contribution in [0.25, 0.3) is 11.0 Å². The standard InChI is InChI=1S/C16H16BrN5O3S/c1-18-26(24,25)8-13(10-2-4-11(17)5-3-10)22-16(23)14-12-6-7-19-15(12)21-9-20-14/h2-7,9,13,18H,8H2,1H3,(H,22,23)(H,19,20,21)/t13-/m1/s1. The van der Waals surface area contributed by atoms with Crippen LogP contribution in [-0.4, -0.2) is 42.1 Å². The number of hydrogen-bond acceptors (Lipinski definition) is 5. The minimum Gasteiger partial charge on any atom is -0.346 e. The van der Waals surface area contributed by atoms with Crippen molar-refractivity contribution < 1.29 is 13.2 Å². The molecule has 2 aromatic heterocycles. The molecule has 1 amide bonds. The molecular formula is C16H16BrN5O3S. The van der Waals surface area contributed by atoms with Crippen LogP contribution in [-0.2, 0) is 10.0 Å². The molecule has 0 aliphatic carbocycles. The summed E-state index contributed by atoms with van der Waals surface area (Å²) in [6.45, 7) is 0. The van der Waals surface area contributed by atoms with E-state index < -0.39 is 22.0 Å². The summed E-state index contributed by atoms with van der Waals surface area (Å²) in [5, 5.41) is 3.33. The summed E-state index contributed by atoms with van der Waals surface area (Å²) in [7, 11) is -2.21. The number of nitrogens with zero attached hydrogens (tertiary/aromatic N) is 2. The molecule has 136 valence electrons. The van der Waals surface area contributed by atoms with Crippen molar-refractivity contribution in [1.29, 1.82) is 0 Å². The molecule has 0 spiro atoms. The summed E-state index contributed by atoms with van der Waals surface area (Å²) in [5.41, 5.74) is 1.38. The summed E-state index contributed by atoms with van der Waals surface area (Å²) < 4.78 is 27.2. The van der Waals surface area contributed by atoms with Crippen LogP contribution < -0.4 is 10.0 Å². The van der Waals surface area contributed by atoms with Gasteiger partial charge in [-0.05, 0) is 30.8 Å². The fourth-order valence-corrected chi connectivity index (χ4v) is 3.64. The van der Waals surface area contributed by atoms with Gasteiger partial charge in [0, 0.05) is 10.7 Å². The highest BCUT2D eigenvalue weighted by atomic mass is 79.9. The number of carbonyl (C=O) groups excluding carboxylic acids is 1. The zero-order valence-corrected chi connectivity index (χ0v) is 16.1. The maximum absolute atomic E-state index is 12.7. The van der Waals surface area contributed by atoms with Crippen LogP contribution in [0.1, 0.15) is 22.1 Å². The van der Waals surface area contributed by atoms with Gasteiger partial charge in [0.1, 0.15) is 17.7 Å².